The molecule has 0 aromatic rings. The van der Waals surface area contributed by atoms with Gasteiger partial charge in [-0.3, -0.25) is 0 Å². The van der Waals surface area contributed by atoms with Gasteiger partial charge in [0.2, 0.25) is 0 Å². The number of rotatable bonds is 4. The molecular formula is C11H22OS. The minimum atomic E-state index is 0.325. The van der Waals surface area contributed by atoms with Crippen LogP contribution in [0.4, 0.5) is 0 Å². The predicted molar refractivity (Wildman–Crippen MR) is 60.4 cm³/mol. The summed E-state index contributed by atoms with van der Waals surface area (Å²) in [6, 6.07) is 0. The van der Waals surface area contributed by atoms with E-state index in [1.54, 1.807) is 0 Å². The van der Waals surface area contributed by atoms with Gasteiger partial charge < -0.3 is 4.74 Å². The van der Waals surface area contributed by atoms with Gasteiger partial charge in [-0.1, -0.05) is 20.8 Å². The van der Waals surface area contributed by atoms with Crippen molar-refractivity contribution in [1.82, 2.24) is 0 Å². The highest BCUT2D eigenvalue weighted by Crippen LogP contribution is 2.29. The van der Waals surface area contributed by atoms with E-state index in [1.165, 1.54) is 19.3 Å². The topological polar surface area (TPSA) is 9.23 Å². The van der Waals surface area contributed by atoms with Crippen molar-refractivity contribution in [2.75, 3.05) is 12.4 Å². The Bertz CT molecular complexity index is 147. The van der Waals surface area contributed by atoms with E-state index in [9.17, 15) is 0 Å². The highest BCUT2D eigenvalue weighted by molar-refractivity contribution is 7.80. The first-order valence-electron chi connectivity index (χ1n) is 5.26. The van der Waals surface area contributed by atoms with Crippen LogP contribution in [0.25, 0.3) is 0 Å². The summed E-state index contributed by atoms with van der Waals surface area (Å²) in [7, 11) is 0. The van der Waals surface area contributed by atoms with Crippen LogP contribution in [0.2, 0.25) is 0 Å². The molecule has 0 saturated heterocycles. The second-order valence-corrected chi connectivity index (χ2v) is 5.50. The molecule has 0 bridgehead atoms. The third kappa shape index (κ3) is 3.51. The zero-order valence-corrected chi connectivity index (χ0v) is 9.94. The van der Waals surface area contributed by atoms with Crippen LogP contribution in [-0.4, -0.2) is 18.5 Å². The molecule has 1 saturated carbocycles. The van der Waals surface area contributed by atoms with Gasteiger partial charge in [-0.15, -0.1) is 0 Å². The SMILES string of the molecule is CC(C)(C)C(CS)COC1CCC1. The van der Waals surface area contributed by atoms with E-state index in [0.717, 1.165) is 12.4 Å². The van der Waals surface area contributed by atoms with Crippen molar-refractivity contribution in [1.29, 1.82) is 0 Å². The van der Waals surface area contributed by atoms with E-state index >= 15 is 0 Å². The average molecular weight is 202 g/mol. The van der Waals surface area contributed by atoms with Crippen LogP contribution in [0.1, 0.15) is 40.0 Å². The average Bonchev–Trinajstić information content (AvgIpc) is 1.91. The molecule has 13 heavy (non-hydrogen) atoms. The highest BCUT2D eigenvalue weighted by Gasteiger charge is 2.26. The van der Waals surface area contributed by atoms with Crippen LogP contribution in [0.15, 0.2) is 0 Å². The molecule has 1 rings (SSSR count). The molecule has 1 fully saturated rings. The lowest BCUT2D eigenvalue weighted by atomic mass is 9.82. The van der Waals surface area contributed by atoms with Gasteiger partial charge in [0.25, 0.3) is 0 Å². The zero-order valence-electron chi connectivity index (χ0n) is 9.05. The number of ether oxygens (including phenoxy) is 1. The van der Waals surface area contributed by atoms with Crippen LogP contribution < -0.4 is 0 Å². The maximum Gasteiger partial charge on any atom is 0.0575 e. The Morgan fingerprint density at radius 2 is 2.00 bits per heavy atom. The second-order valence-electron chi connectivity index (χ2n) is 5.13. The van der Waals surface area contributed by atoms with Crippen molar-refractivity contribution in [2.45, 2.75) is 46.1 Å². The minimum Gasteiger partial charge on any atom is -0.378 e. The summed E-state index contributed by atoms with van der Waals surface area (Å²) >= 11 is 4.38. The van der Waals surface area contributed by atoms with Gasteiger partial charge in [-0.25, -0.2) is 0 Å². The maximum absolute atomic E-state index is 5.81. The van der Waals surface area contributed by atoms with Crippen LogP contribution in [0.5, 0.6) is 0 Å². The summed E-state index contributed by atoms with van der Waals surface area (Å²) in [6.07, 6.45) is 4.45. The van der Waals surface area contributed by atoms with Crippen molar-refractivity contribution in [3.63, 3.8) is 0 Å². The van der Waals surface area contributed by atoms with Crippen molar-refractivity contribution < 1.29 is 4.74 Å². The molecule has 1 atom stereocenters. The molecule has 0 aromatic carbocycles. The fourth-order valence-corrected chi connectivity index (χ4v) is 2.02. The van der Waals surface area contributed by atoms with E-state index in [-0.39, 0.29) is 0 Å². The third-order valence-corrected chi connectivity index (χ3v) is 3.47. The predicted octanol–water partition coefficient (Wildman–Crippen LogP) is 3.15. The molecule has 0 radical (unpaired) electrons. The minimum absolute atomic E-state index is 0.325. The van der Waals surface area contributed by atoms with Gasteiger partial charge in [0, 0.05) is 0 Å². The monoisotopic (exact) mass is 202 g/mol. The van der Waals surface area contributed by atoms with E-state index in [0.29, 0.717) is 17.4 Å². The molecule has 1 nitrogen and oxygen atoms in total. The largest absolute Gasteiger partial charge is 0.378 e. The van der Waals surface area contributed by atoms with Crippen molar-refractivity contribution >= 4 is 12.6 Å². The Kier molecular flexibility index (Phi) is 4.11. The number of thiol groups is 1. The lowest BCUT2D eigenvalue weighted by Crippen LogP contribution is -2.31. The Hall–Kier alpha value is 0.310. The molecule has 2 heteroatoms. The molecule has 0 spiro atoms. The number of hydrogen-bond donors (Lipinski definition) is 1. The first-order valence-corrected chi connectivity index (χ1v) is 5.89. The maximum atomic E-state index is 5.81. The van der Waals surface area contributed by atoms with E-state index in [2.05, 4.69) is 33.4 Å². The van der Waals surface area contributed by atoms with Gasteiger partial charge in [-0.2, -0.15) is 12.6 Å². The molecule has 0 heterocycles. The molecule has 0 aliphatic heterocycles. The first kappa shape index (κ1) is 11.4. The fraction of sp³-hybridized carbons (Fsp3) is 1.00. The lowest BCUT2D eigenvalue weighted by Gasteiger charge is -2.33. The molecular weight excluding hydrogens is 180 g/mol. The fourth-order valence-electron chi connectivity index (χ4n) is 1.37. The van der Waals surface area contributed by atoms with Crippen LogP contribution in [-0.2, 0) is 4.74 Å². The zero-order chi connectivity index (χ0) is 9.90. The van der Waals surface area contributed by atoms with Crippen molar-refractivity contribution in [3.05, 3.63) is 0 Å². The Balaban J connectivity index is 2.22. The molecule has 1 aliphatic carbocycles. The molecule has 1 aliphatic rings. The summed E-state index contributed by atoms with van der Waals surface area (Å²) in [5.41, 5.74) is 0.325. The molecule has 0 amide bonds. The van der Waals surface area contributed by atoms with Crippen LogP contribution in [0.3, 0.4) is 0 Å². The van der Waals surface area contributed by atoms with Crippen LogP contribution in [0, 0.1) is 11.3 Å². The highest BCUT2D eigenvalue weighted by atomic mass is 32.1. The second kappa shape index (κ2) is 4.70. The summed E-state index contributed by atoms with van der Waals surface area (Å²) in [5.74, 6) is 1.51. The smallest absolute Gasteiger partial charge is 0.0575 e. The summed E-state index contributed by atoms with van der Waals surface area (Å²) in [6.45, 7) is 7.67. The Morgan fingerprint density at radius 1 is 1.38 bits per heavy atom. The van der Waals surface area contributed by atoms with Gasteiger partial charge in [0.1, 0.15) is 0 Å². The molecule has 0 aromatic heterocycles. The summed E-state index contributed by atoms with van der Waals surface area (Å²) < 4.78 is 5.81. The standard InChI is InChI=1S/C11H22OS/c1-11(2,3)9(8-13)7-12-10-5-4-6-10/h9-10,13H,4-8H2,1-3H3. The quantitative estimate of drug-likeness (QED) is 0.689. The third-order valence-electron chi connectivity index (χ3n) is 3.03. The number of hydrogen-bond acceptors (Lipinski definition) is 2. The van der Waals surface area contributed by atoms with E-state index in [1.807, 2.05) is 0 Å². The van der Waals surface area contributed by atoms with Gasteiger partial charge >= 0.3 is 0 Å². The van der Waals surface area contributed by atoms with Crippen LogP contribution >= 0.6 is 12.6 Å². The van der Waals surface area contributed by atoms with Gasteiger partial charge in [0.15, 0.2) is 0 Å². The van der Waals surface area contributed by atoms with Crippen molar-refractivity contribution in [3.8, 4) is 0 Å². The van der Waals surface area contributed by atoms with Gasteiger partial charge in [0.05, 0.1) is 12.7 Å². The first-order chi connectivity index (χ1) is 6.04. The lowest BCUT2D eigenvalue weighted by molar-refractivity contribution is -0.0292. The summed E-state index contributed by atoms with van der Waals surface area (Å²) in [5, 5.41) is 0. The van der Waals surface area contributed by atoms with Gasteiger partial charge in [-0.05, 0) is 36.3 Å². The van der Waals surface area contributed by atoms with Crippen molar-refractivity contribution in [2.24, 2.45) is 11.3 Å². The molecule has 0 N–H and O–H groups in total. The Morgan fingerprint density at radius 3 is 2.31 bits per heavy atom. The van der Waals surface area contributed by atoms with E-state index in [4.69, 9.17) is 4.74 Å². The summed E-state index contributed by atoms with van der Waals surface area (Å²) in [4.78, 5) is 0. The molecule has 78 valence electrons. The van der Waals surface area contributed by atoms with E-state index < -0.39 is 0 Å². The molecule has 1 unspecified atom stereocenters. The normalized spacial score (nSPS) is 21.2. The Labute approximate surface area is 87.7 Å².